The molecule has 356 valence electrons. The Balaban J connectivity index is 0.000000180. The highest BCUT2D eigenvalue weighted by Crippen LogP contribution is 2.75. The average Bonchev–Trinajstić information content (AvgIpc) is 3.23. The first kappa shape index (κ1) is 46.9. The van der Waals surface area contributed by atoms with Crippen LogP contribution < -0.4 is 4.74 Å². The number of phenolic OH excluding ortho intramolecular Hbond substituents is 7. The number of benzene rings is 3. The number of ether oxygens (including phenoxy) is 2. The summed E-state index contributed by atoms with van der Waals surface area (Å²) in [7, 11) is 0. The van der Waals surface area contributed by atoms with E-state index in [1.165, 1.54) is 29.8 Å². The van der Waals surface area contributed by atoms with E-state index >= 15 is 0 Å². The molecule has 9 N–H and O–H groups in total. The van der Waals surface area contributed by atoms with Gasteiger partial charge in [-0.1, -0.05) is 53.2 Å². The molecular weight excluding hydrogens is 849 g/mol. The van der Waals surface area contributed by atoms with Crippen LogP contribution in [0.25, 0.3) is 0 Å². The average molecular weight is 913 g/mol. The second-order valence-electron chi connectivity index (χ2n) is 22.2. The standard InChI is InChI=1S/C30H46O4.C22H18O10/c1-25(2)21-8-11-30(7)23(28(21,5)10-9-22(25)32)20(31)16-18-19-17-27(4,24(33)34)13-12-26(19,3)14-15-29(18,30)6;23-11-6-14(25)12-8-19(32-22(30)10-4-16(27)20(29)17(28)5-10)21(31-18(12)7-11)9-1-2-13(24)15(26)3-9/h16,19,21-23,32H,8-15,17H2,1-7H3,(H,33,34);1-7,19,21,23-29H,8H2. The van der Waals surface area contributed by atoms with Crippen molar-refractivity contribution in [1.29, 1.82) is 0 Å². The number of hydrogen-bond donors (Lipinski definition) is 9. The minimum atomic E-state index is -1.06. The monoisotopic (exact) mass is 912 g/mol. The Kier molecular flexibility index (Phi) is 11.2. The number of aliphatic hydroxyl groups excluding tert-OH is 1. The minimum absolute atomic E-state index is 0.0296. The van der Waals surface area contributed by atoms with Gasteiger partial charge in [0.25, 0.3) is 0 Å². The summed E-state index contributed by atoms with van der Waals surface area (Å²) in [6, 6.07) is 8.07. The van der Waals surface area contributed by atoms with Crippen LogP contribution in [0.1, 0.15) is 134 Å². The lowest BCUT2D eigenvalue weighted by Crippen LogP contribution is -2.66. The normalized spacial score (nSPS) is 36.2. The molecule has 4 saturated carbocycles. The number of ketones is 1. The number of phenols is 7. The van der Waals surface area contributed by atoms with Crippen molar-refractivity contribution < 1.29 is 69.8 Å². The first-order chi connectivity index (χ1) is 30.7. The van der Waals surface area contributed by atoms with Gasteiger partial charge in [-0.2, -0.15) is 0 Å². The molecular formula is C52H64O14. The Morgan fingerprint density at radius 3 is 2.06 bits per heavy atom. The SMILES string of the molecule is CC1(C(=O)O)CCC2(C)CCC3(C)C(=CC(=O)C4C5(C)CCC(O)C(C)(C)C5CCC43C)C2C1.O=C(OC1Cc2c(O)cc(O)cc2OC1c1ccc(O)c(O)c1)c1cc(O)c(O)c(O)c1. The Hall–Kier alpha value is -5.63. The first-order valence-electron chi connectivity index (χ1n) is 23.1. The lowest BCUT2D eigenvalue weighted by atomic mass is 9.33. The van der Waals surface area contributed by atoms with Gasteiger partial charge in [0.15, 0.2) is 40.6 Å². The molecule has 1 heterocycles. The lowest BCUT2D eigenvalue weighted by molar-refractivity contribution is -0.202. The molecule has 14 nitrogen and oxygen atoms in total. The molecule has 0 amide bonds. The molecule has 3 aromatic rings. The van der Waals surface area contributed by atoms with E-state index in [4.69, 9.17) is 9.47 Å². The molecule has 5 aliphatic carbocycles. The molecule has 0 spiro atoms. The highest BCUT2D eigenvalue weighted by atomic mass is 16.6. The van der Waals surface area contributed by atoms with Crippen molar-refractivity contribution >= 4 is 17.7 Å². The van der Waals surface area contributed by atoms with Crippen molar-refractivity contribution in [3.63, 3.8) is 0 Å². The Morgan fingerprint density at radius 1 is 0.742 bits per heavy atom. The number of aliphatic hydroxyl groups is 1. The predicted octanol–water partition coefficient (Wildman–Crippen LogP) is 8.94. The number of aromatic hydroxyl groups is 7. The topological polar surface area (TPSA) is 252 Å². The van der Waals surface area contributed by atoms with Gasteiger partial charge < -0.3 is 55.4 Å². The molecule has 0 bridgehead atoms. The van der Waals surface area contributed by atoms with E-state index < -0.39 is 52.6 Å². The van der Waals surface area contributed by atoms with Crippen LogP contribution in [0.5, 0.6) is 46.0 Å². The zero-order valence-corrected chi connectivity index (χ0v) is 38.7. The summed E-state index contributed by atoms with van der Waals surface area (Å²) in [6.07, 6.45) is 7.83. The Labute approximate surface area is 384 Å². The van der Waals surface area contributed by atoms with Crippen LogP contribution in [0.3, 0.4) is 0 Å². The van der Waals surface area contributed by atoms with E-state index in [-0.39, 0.29) is 91.3 Å². The van der Waals surface area contributed by atoms with Crippen LogP contribution in [0.15, 0.2) is 54.1 Å². The number of carbonyl (C=O) groups is 3. The zero-order chi connectivity index (χ0) is 48.3. The van der Waals surface area contributed by atoms with Crippen molar-refractivity contribution in [2.24, 2.45) is 50.2 Å². The van der Waals surface area contributed by atoms with E-state index in [1.54, 1.807) is 0 Å². The third-order valence-corrected chi connectivity index (χ3v) is 18.1. The van der Waals surface area contributed by atoms with Crippen LogP contribution in [0.4, 0.5) is 0 Å². The predicted molar refractivity (Wildman–Crippen MR) is 240 cm³/mol. The minimum Gasteiger partial charge on any atom is -0.508 e. The first-order valence-corrected chi connectivity index (χ1v) is 23.1. The van der Waals surface area contributed by atoms with Gasteiger partial charge in [-0.05, 0) is 134 Å². The summed E-state index contributed by atoms with van der Waals surface area (Å²) in [5.74, 6) is -4.37. The van der Waals surface area contributed by atoms with E-state index in [0.29, 0.717) is 17.9 Å². The number of hydrogen-bond acceptors (Lipinski definition) is 13. The maximum Gasteiger partial charge on any atom is 0.338 e. The van der Waals surface area contributed by atoms with Gasteiger partial charge in [0.05, 0.1) is 17.1 Å². The van der Waals surface area contributed by atoms with Gasteiger partial charge in [0.2, 0.25) is 0 Å². The summed E-state index contributed by atoms with van der Waals surface area (Å²) < 4.78 is 11.4. The smallest absolute Gasteiger partial charge is 0.338 e. The number of carboxylic acid groups (broad SMARTS) is 1. The molecule has 9 rings (SSSR count). The molecule has 6 aliphatic rings. The highest BCUT2D eigenvalue weighted by Gasteiger charge is 2.70. The van der Waals surface area contributed by atoms with Crippen molar-refractivity contribution in [3.05, 3.63) is 70.8 Å². The number of rotatable bonds is 4. The summed E-state index contributed by atoms with van der Waals surface area (Å²) in [5, 5.41) is 89.2. The quantitative estimate of drug-likeness (QED) is 0.0876. The molecule has 3 aromatic carbocycles. The molecule has 11 unspecified atom stereocenters. The van der Waals surface area contributed by atoms with Gasteiger partial charge in [-0.25, -0.2) is 4.79 Å². The van der Waals surface area contributed by atoms with Gasteiger partial charge in [-0.3, -0.25) is 9.59 Å². The van der Waals surface area contributed by atoms with E-state index in [2.05, 4.69) is 41.5 Å². The Morgan fingerprint density at radius 2 is 1.41 bits per heavy atom. The van der Waals surface area contributed by atoms with Crippen LogP contribution in [0.2, 0.25) is 0 Å². The van der Waals surface area contributed by atoms with Gasteiger partial charge in [0, 0.05) is 35.6 Å². The molecule has 0 radical (unpaired) electrons. The number of carboxylic acids is 1. The molecule has 11 atom stereocenters. The fraction of sp³-hybridized carbons (Fsp3) is 0.558. The van der Waals surface area contributed by atoms with Gasteiger partial charge in [-0.15, -0.1) is 0 Å². The summed E-state index contributed by atoms with van der Waals surface area (Å²) >= 11 is 0. The fourth-order valence-electron chi connectivity index (χ4n) is 13.8. The van der Waals surface area contributed by atoms with Gasteiger partial charge >= 0.3 is 11.9 Å². The molecule has 4 fully saturated rings. The summed E-state index contributed by atoms with van der Waals surface area (Å²) in [5.41, 5.74) is 0.466. The molecule has 1 aliphatic heterocycles. The summed E-state index contributed by atoms with van der Waals surface area (Å²) in [4.78, 5) is 39.1. The van der Waals surface area contributed by atoms with E-state index in [1.807, 2.05) is 13.0 Å². The van der Waals surface area contributed by atoms with Crippen molar-refractivity contribution in [2.45, 2.75) is 131 Å². The van der Waals surface area contributed by atoms with E-state index in [9.17, 15) is 60.3 Å². The van der Waals surface area contributed by atoms with Crippen molar-refractivity contribution in [2.75, 3.05) is 0 Å². The molecule has 66 heavy (non-hydrogen) atoms. The number of allylic oxidation sites excluding steroid dienone is 2. The maximum atomic E-state index is 14.2. The zero-order valence-electron chi connectivity index (χ0n) is 38.7. The third kappa shape index (κ3) is 7.20. The number of aliphatic carboxylic acids is 1. The highest BCUT2D eigenvalue weighted by molar-refractivity contribution is 5.96. The van der Waals surface area contributed by atoms with Gasteiger partial charge in [0.1, 0.15) is 23.4 Å². The largest absolute Gasteiger partial charge is 0.508 e. The number of carbonyl (C=O) groups excluding carboxylic acids is 2. The van der Waals surface area contributed by atoms with Crippen molar-refractivity contribution in [1.82, 2.24) is 0 Å². The fourth-order valence-corrected chi connectivity index (χ4v) is 13.8. The second kappa shape index (κ2) is 15.7. The van der Waals surface area contributed by atoms with Crippen molar-refractivity contribution in [3.8, 4) is 46.0 Å². The third-order valence-electron chi connectivity index (χ3n) is 18.1. The van der Waals surface area contributed by atoms with Crippen LogP contribution in [0, 0.1) is 50.2 Å². The van der Waals surface area contributed by atoms with Crippen LogP contribution in [-0.2, 0) is 20.7 Å². The number of fused-ring (bicyclic) bond motifs is 8. The molecule has 0 aromatic heterocycles. The second-order valence-corrected chi connectivity index (χ2v) is 22.2. The Bertz CT molecular complexity index is 2510. The molecule has 14 heteroatoms. The van der Waals surface area contributed by atoms with Crippen LogP contribution >= 0.6 is 0 Å². The maximum absolute atomic E-state index is 14.2. The van der Waals surface area contributed by atoms with Crippen LogP contribution in [-0.4, -0.2) is 75.9 Å². The van der Waals surface area contributed by atoms with E-state index in [0.717, 1.165) is 69.6 Å². The molecule has 0 saturated heterocycles. The lowest BCUT2D eigenvalue weighted by Gasteiger charge is -2.70. The summed E-state index contributed by atoms with van der Waals surface area (Å²) in [6.45, 7) is 15.8. The number of esters is 1.